The average Bonchev–Trinajstić information content (AvgIpc) is 2.47. The molecule has 6 nitrogen and oxygen atoms in total. The maximum atomic E-state index is 12.1. The van der Waals surface area contributed by atoms with Gasteiger partial charge in [-0.05, 0) is 39.0 Å². The van der Waals surface area contributed by atoms with Gasteiger partial charge in [0.05, 0.1) is 5.25 Å². The van der Waals surface area contributed by atoms with Gasteiger partial charge in [-0.15, -0.1) is 0 Å². The van der Waals surface area contributed by atoms with Crippen molar-refractivity contribution in [1.29, 1.82) is 0 Å². The van der Waals surface area contributed by atoms with Gasteiger partial charge in [0.2, 0.25) is 5.91 Å². The molecule has 22 heavy (non-hydrogen) atoms. The lowest BCUT2D eigenvalue weighted by Crippen LogP contribution is -2.32. The normalized spacial score (nSPS) is 16.0. The van der Waals surface area contributed by atoms with E-state index in [4.69, 9.17) is 11.5 Å². The molecule has 2 rings (SSSR count). The summed E-state index contributed by atoms with van der Waals surface area (Å²) in [6.07, 6.45) is 8.12. The topological polar surface area (TPSA) is 107 Å². The van der Waals surface area contributed by atoms with Crippen molar-refractivity contribution in [1.82, 2.24) is 15.3 Å². The first-order valence-electron chi connectivity index (χ1n) is 7.57. The van der Waals surface area contributed by atoms with Crippen molar-refractivity contribution >= 4 is 29.3 Å². The highest BCUT2D eigenvalue weighted by molar-refractivity contribution is 8.00. The number of nitrogen functional groups attached to an aromatic ring is 2. The van der Waals surface area contributed by atoms with Gasteiger partial charge in [0.1, 0.15) is 11.6 Å². The molecule has 120 valence electrons. The molecule has 1 aliphatic rings. The Morgan fingerprint density at radius 3 is 2.73 bits per heavy atom. The molecule has 0 spiro atoms. The van der Waals surface area contributed by atoms with E-state index in [9.17, 15) is 4.79 Å². The van der Waals surface area contributed by atoms with Crippen LogP contribution in [-0.4, -0.2) is 27.7 Å². The lowest BCUT2D eigenvalue weighted by Gasteiger charge is -2.14. The second-order valence-corrected chi connectivity index (χ2v) is 6.72. The number of amides is 1. The van der Waals surface area contributed by atoms with Gasteiger partial charge in [0.25, 0.3) is 0 Å². The Bertz CT molecular complexity index is 541. The van der Waals surface area contributed by atoms with Gasteiger partial charge >= 0.3 is 0 Å². The number of thioether (sulfide) groups is 1. The summed E-state index contributed by atoms with van der Waals surface area (Å²) in [6, 6.07) is 1.49. The van der Waals surface area contributed by atoms with Crippen molar-refractivity contribution in [3.8, 4) is 0 Å². The Morgan fingerprint density at radius 2 is 2.09 bits per heavy atom. The maximum absolute atomic E-state index is 12.1. The number of nitrogens with two attached hydrogens (primary N) is 2. The van der Waals surface area contributed by atoms with Gasteiger partial charge in [0.15, 0.2) is 5.16 Å². The van der Waals surface area contributed by atoms with Gasteiger partial charge in [-0.25, -0.2) is 9.97 Å². The minimum absolute atomic E-state index is 0.0222. The molecular weight excluding hydrogens is 298 g/mol. The molecule has 0 unspecified atom stereocenters. The van der Waals surface area contributed by atoms with Crippen LogP contribution < -0.4 is 16.8 Å². The molecule has 0 saturated carbocycles. The van der Waals surface area contributed by atoms with E-state index in [-0.39, 0.29) is 11.2 Å². The number of hydrogen-bond acceptors (Lipinski definition) is 6. The summed E-state index contributed by atoms with van der Waals surface area (Å²) in [7, 11) is 0. The highest BCUT2D eigenvalue weighted by Gasteiger charge is 2.16. The van der Waals surface area contributed by atoms with E-state index in [2.05, 4.69) is 21.4 Å². The molecule has 7 heteroatoms. The number of rotatable bonds is 6. The van der Waals surface area contributed by atoms with Crippen molar-refractivity contribution < 1.29 is 4.79 Å². The SMILES string of the molecule is C[C@@H](Sc1nc(N)cc(N)n1)C(=O)NCCC1=CCCCC1. The molecule has 0 radical (unpaired) electrons. The first-order chi connectivity index (χ1) is 10.5. The van der Waals surface area contributed by atoms with E-state index in [1.165, 1.54) is 42.7 Å². The van der Waals surface area contributed by atoms with Gasteiger partial charge in [-0.3, -0.25) is 4.79 Å². The van der Waals surface area contributed by atoms with E-state index in [1.807, 2.05) is 6.92 Å². The highest BCUT2D eigenvalue weighted by Crippen LogP contribution is 2.22. The van der Waals surface area contributed by atoms with Crippen LogP contribution in [0.4, 0.5) is 11.6 Å². The number of carbonyl (C=O) groups excluding carboxylic acids is 1. The molecule has 0 bridgehead atoms. The smallest absolute Gasteiger partial charge is 0.233 e. The Morgan fingerprint density at radius 1 is 1.36 bits per heavy atom. The van der Waals surface area contributed by atoms with Crippen LogP contribution in [-0.2, 0) is 4.79 Å². The zero-order valence-corrected chi connectivity index (χ0v) is 13.7. The third kappa shape index (κ3) is 5.22. The number of carbonyl (C=O) groups is 1. The summed E-state index contributed by atoms with van der Waals surface area (Å²) >= 11 is 1.26. The third-order valence-corrected chi connectivity index (χ3v) is 4.49. The van der Waals surface area contributed by atoms with Crippen molar-refractivity contribution in [3.63, 3.8) is 0 Å². The fraction of sp³-hybridized carbons (Fsp3) is 0.533. The second-order valence-electron chi connectivity index (χ2n) is 5.41. The molecule has 5 N–H and O–H groups in total. The summed E-state index contributed by atoms with van der Waals surface area (Å²) in [4.78, 5) is 20.2. The second kappa shape index (κ2) is 8.03. The number of anilines is 2. The Kier molecular flexibility index (Phi) is 6.06. The molecule has 0 aromatic carbocycles. The number of nitrogens with zero attached hydrogens (tertiary/aromatic N) is 2. The molecular formula is C15H23N5OS. The fourth-order valence-electron chi connectivity index (χ4n) is 2.35. The molecule has 1 aliphatic carbocycles. The summed E-state index contributed by atoms with van der Waals surface area (Å²) in [6.45, 7) is 2.50. The average molecular weight is 321 g/mol. The molecule has 1 heterocycles. The first kappa shape index (κ1) is 16.6. The number of nitrogens with one attached hydrogen (secondary N) is 1. The molecule has 0 aliphatic heterocycles. The van der Waals surface area contributed by atoms with Crippen LogP contribution in [0, 0.1) is 0 Å². The summed E-state index contributed by atoms with van der Waals surface area (Å²) in [5.41, 5.74) is 12.7. The van der Waals surface area contributed by atoms with Gasteiger partial charge in [-0.1, -0.05) is 23.4 Å². The summed E-state index contributed by atoms with van der Waals surface area (Å²) in [5, 5.41) is 3.10. The van der Waals surface area contributed by atoms with Crippen molar-refractivity contribution in [2.24, 2.45) is 0 Å². The number of hydrogen-bond donors (Lipinski definition) is 3. The largest absolute Gasteiger partial charge is 0.383 e. The summed E-state index contributed by atoms with van der Waals surface area (Å²) < 4.78 is 0. The van der Waals surface area contributed by atoms with Crippen LogP contribution in [0.5, 0.6) is 0 Å². The van der Waals surface area contributed by atoms with Crippen LogP contribution in [0.3, 0.4) is 0 Å². The molecule has 0 saturated heterocycles. The van der Waals surface area contributed by atoms with Crippen molar-refractivity contribution in [2.45, 2.75) is 49.4 Å². The number of aromatic nitrogens is 2. The zero-order chi connectivity index (χ0) is 15.9. The molecule has 1 amide bonds. The van der Waals surface area contributed by atoms with Crippen LogP contribution >= 0.6 is 11.8 Å². The standard InChI is InChI=1S/C15H23N5OS/c1-10(22-15-19-12(16)9-13(17)20-15)14(21)18-8-7-11-5-3-2-4-6-11/h5,9-10H,2-4,6-8H2,1H3,(H,18,21)(H4,16,17,19,20)/t10-/m1/s1. The Labute approximate surface area is 135 Å². The molecule has 0 fully saturated rings. The molecule has 1 aromatic heterocycles. The molecule has 1 atom stereocenters. The number of allylic oxidation sites excluding steroid dienone is 1. The predicted octanol–water partition coefficient (Wildman–Crippen LogP) is 2.13. The van der Waals surface area contributed by atoms with E-state index < -0.39 is 0 Å². The lowest BCUT2D eigenvalue weighted by atomic mass is 9.97. The minimum Gasteiger partial charge on any atom is -0.383 e. The lowest BCUT2D eigenvalue weighted by molar-refractivity contribution is -0.120. The van der Waals surface area contributed by atoms with Crippen molar-refractivity contribution in [3.05, 3.63) is 17.7 Å². The van der Waals surface area contributed by atoms with Crippen LogP contribution in [0.15, 0.2) is 22.9 Å². The van der Waals surface area contributed by atoms with Crippen LogP contribution in [0.2, 0.25) is 0 Å². The Balaban J connectivity index is 1.77. The predicted molar refractivity (Wildman–Crippen MR) is 90.4 cm³/mol. The fourth-order valence-corrected chi connectivity index (χ4v) is 3.17. The summed E-state index contributed by atoms with van der Waals surface area (Å²) in [5.74, 6) is 0.602. The monoisotopic (exact) mass is 321 g/mol. The van der Waals surface area contributed by atoms with Gasteiger partial charge < -0.3 is 16.8 Å². The van der Waals surface area contributed by atoms with E-state index in [0.29, 0.717) is 23.3 Å². The Hall–Kier alpha value is -1.76. The third-order valence-electron chi connectivity index (χ3n) is 3.53. The quantitative estimate of drug-likeness (QED) is 0.421. The maximum Gasteiger partial charge on any atom is 0.233 e. The van der Waals surface area contributed by atoms with Gasteiger partial charge in [0, 0.05) is 12.6 Å². The van der Waals surface area contributed by atoms with Crippen molar-refractivity contribution in [2.75, 3.05) is 18.0 Å². The van der Waals surface area contributed by atoms with E-state index in [0.717, 1.165) is 12.8 Å². The zero-order valence-electron chi connectivity index (χ0n) is 12.8. The molecule has 1 aromatic rings. The first-order valence-corrected chi connectivity index (χ1v) is 8.45. The highest BCUT2D eigenvalue weighted by atomic mass is 32.2. The van der Waals surface area contributed by atoms with Gasteiger partial charge in [-0.2, -0.15) is 0 Å². The van der Waals surface area contributed by atoms with E-state index >= 15 is 0 Å². The van der Waals surface area contributed by atoms with Crippen LogP contribution in [0.25, 0.3) is 0 Å². The van der Waals surface area contributed by atoms with Crippen LogP contribution in [0.1, 0.15) is 39.0 Å². The van der Waals surface area contributed by atoms with E-state index in [1.54, 1.807) is 0 Å². The minimum atomic E-state index is -0.290.